The zero-order valence-corrected chi connectivity index (χ0v) is 20.8. The molecular formula is C26H23F3N8O2. The fourth-order valence-electron chi connectivity index (χ4n) is 4.22. The Hall–Kier alpha value is -4.78. The van der Waals surface area contributed by atoms with E-state index < -0.39 is 28.9 Å². The van der Waals surface area contributed by atoms with Crippen LogP contribution in [-0.2, 0) is 4.79 Å². The van der Waals surface area contributed by atoms with Crippen molar-refractivity contribution in [3.8, 4) is 5.69 Å². The number of fused-ring (bicyclic) bond motifs is 1. The minimum atomic E-state index is -1.10. The number of hydrogen-bond donors (Lipinski definition) is 2. The molecule has 39 heavy (non-hydrogen) atoms. The number of halogens is 3. The van der Waals surface area contributed by atoms with Crippen LogP contribution >= 0.6 is 0 Å². The first-order valence-electron chi connectivity index (χ1n) is 11.9. The van der Waals surface area contributed by atoms with Crippen molar-refractivity contribution in [2.45, 2.75) is 0 Å². The lowest BCUT2D eigenvalue weighted by molar-refractivity contribution is -0.111. The molecule has 0 atom stereocenters. The maximum atomic E-state index is 15.0. The number of nitrogens with zero attached hydrogens (tertiary/aromatic N) is 6. The molecular weight excluding hydrogens is 513 g/mol. The SMILES string of the molecule is C=CC(=O)Nc1cc(F)cc(-n2cnc(=O)c3cnc(Nc4ccc(N5CCN(C)CC5)c(F)c4F)nc32)c1. The van der Waals surface area contributed by atoms with E-state index in [0.717, 1.165) is 37.6 Å². The highest BCUT2D eigenvalue weighted by Crippen LogP contribution is 2.29. The second kappa shape index (κ2) is 10.5. The molecule has 0 radical (unpaired) electrons. The molecule has 2 N–H and O–H groups in total. The highest BCUT2D eigenvalue weighted by molar-refractivity contribution is 5.99. The molecule has 0 bridgehead atoms. The maximum Gasteiger partial charge on any atom is 0.283 e. The van der Waals surface area contributed by atoms with Crippen LogP contribution in [-0.4, -0.2) is 63.6 Å². The summed E-state index contributed by atoms with van der Waals surface area (Å²) in [5, 5.41) is 5.12. The van der Waals surface area contributed by atoms with Gasteiger partial charge in [-0.25, -0.2) is 18.2 Å². The van der Waals surface area contributed by atoms with E-state index >= 15 is 4.39 Å². The molecule has 200 valence electrons. The van der Waals surface area contributed by atoms with Crippen LogP contribution in [0.5, 0.6) is 0 Å². The van der Waals surface area contributed by atoms with Crippen molar-refractivity contribution in [3.05, 3.63) is 83.3 Å². The summed E-state index contributed by atoms with van der Waals surface area (Å²) < 4.78 is 45.7. The van der Waals surface area contributed by atoms with E-state index in [2.05, 4.69) is 37.1 Å². The van der Waals surface area contributed by atoms with Gasteiger partial charge in [-0.1, -0.05) is 6.58 Å². The summed E-state index contributed by atoms with van der Waals surface area (Å²) in [4.78, 5) is 40.1. The van der Waals surface area contributed by atoms with Gasteiger partial charge in [-0.2, -0.15) is 9.97 Å². The van der Waals surface area contributed by atoms with E-state index in [1.807, 2.05) is 7.05 Å². The average molecular weight is 537 g/mol. The van der Waals surface area contributed by atoms with Crippen LogP contribution in [0.15, 0.2) is 60.3 Å². The molecule has 1 fully saturated rings. The molecule has 0 spiro atoms. The number of benzene rings is 2. The van der Waals surface area contributed by atoms with Gasteiger partial charge in [-0.05, 0) is 43.5 Å². The Labute approximate surface area is 220 Å². The Bertz CT molecular complexity index is 1650. The number of piperazine rings is 1. The monoisotopic (exact) mass is 536 g/mol. The molecule has 1 aliphatic rings. The summed E-state index contributed by atoms with van der Waals surface area (Å²) in [6.07, 6.45) is 3.36. The lowest BCUT2D eigenvalue weighted by Crippen LogP contribution is -2.44. The summed E-state index contributed by atoms with van der Waals surface area (Å²) in [5.74, 6) is -3.46. The topological polar surface area (TPSA) is 108 Å². The van der Waals surface area contributed by atoms with Crippen LogP contribution in [0.25, 0.3) is 16.7 Å². The zero-order valence-electron chi connectivity index (χ0n) is 20.8. The minimum Gasteiger partial charge on any atom is -0.367 e. The molecule has 1 amide bonds. The van der Waals surface area contributed by atoms with Gasteiger partial charge in [0.15, 0.2) is 17.3 Å². The second-order valence-corrected chi connectivity index (χ2v) is 8.92. The first-order chi connectivity index (χ1) is 18.7. The number of nitrogens with one attached hydrogen (secondary N) is 2. The van der Waals surface area contributed by atoms with Crippen molar-refractivity contribution in [2.75, 3.05) is 48.8 Å². The number of carbonyl (C=O) groups excluding carboxylic acids is 1. The Balaban J connectivity index is 1.51. The molecule has 3 heterocycles. The van der Waals surface area contributed by atoms with E-state index in [-0.39, 0.29) is 39.7 Å². The van der Waals surface area contributed by atoms with E-state index in [0.29, 0.717) is 13.1 Å². The summed E-state index contributed by atoms with van der Waals surface area (Å²) >= 11 is 0. The van der Waals surface area contributed by atoms with Crippen molar-refractivity contribution >= 4 is 40.0 Å². The molecule has 0 saturated carbocycles. The molecule has 1 saturated heterocycles. The summed E-state index contributed by atoms with van der Waals surface area (Å²) in [5.41, 5.74) is -0.339. The fraction of sp³-hybridized carbons (Fsp3) is 0.192. The summed E-state index contributed by atoms with van der Waals surface area (Å²) in [6.45, 7) is 5.96. The van der Waals surface area contributed by atoms with Crippen LogP contribution in [0.4, 0.5) is 36.2 Å². The number of amides is 1. The Morgan fingerprint density at radius 1 is 1.05 bits per heavy atom. The number of carbonyl (C=O) groups is 1. The number of likely N-dealkylation sites (N-methyl/N-ethyl adjacent to an activating group) is 1. The predicted octanol–water partition coefficient (Wildman–Crippen LogP) is 3.21. The van der Waals surface area contributed by atoms with E-state index in [1.165, 1.54) is 29.0 Å². The standard InChI is InChI=1S/C26H23F3N8O2/c1-3-21(38)32-16-10-15(27)11-17(12-16)37-14-31-25(39)18-13-30-26(34-24(18)37)33-19-4-5-20(23(29)22(19)28)36-8-6-35(2)7-9-36/h3-5,10-14H,1,6-9H2,2H3,(H,32,38)(H,30,33,34). The zero-order chi connectivity index (χ0) is 27.7. The molecule has 4 aromatic rings. The van der Waals surface area contributed by atoms with Gasteiger partial charge in [0.2, 0.25) is 11.9 Å². The van der Waals surface area contributed by atoms with Gasteiger partial charge in [-0.3, -0.25) is 14.2 Å². The first-order valence-corrected chi connectivity index (χ1v) is 11.9. The Morgan fingerprint density at radius 3 is 2.56 bits per heavy atom. The number of hydrogen-bond acceptors (Lipinski definition) is 8. The third-order valence-corrected chi connectivity index (χ3v) is 6.28. The quantitative estimate of drug-likeness (QED) is 0.362. The minimum absolute atomic E-state index is 0.000977. The molecule has 10 nitrogen and oxygen atoms in total. The number of aromatic nitrogens is 4. The van der Waals surface area contributed by atoms with E-state index in [4.69, 9.17) is 0 Å². The molecule has 5 rings (SSSR count). The maximum absolute atomic E-state index is 15.0. The first kappa shape index (κ1) is 25.9. The molecule has 2 aromatic heterocycles. The average Bonchev–Trinajstić information content (AvgIpc) is 2.92. The van der Waals surface area contributed by atoms with E-state index in [1.54, 1.807) is 4.90 Å². The third-order valence-electron chi connectivity index (χ3n) is 6.28. The van der Waals surface area contributed by atoms with Crippen LogP contribution in [0.1, 0.15) is 0 Å². The van der Waals surface area contributed by atoms with Crippen molar-refractivity contribution in [1.29, 1.82) is 0 Å². The lowest BCUT2D eigenvalue weighted by atomic mass is 10.2. The lowest BCUT2D eigenvalue weighted by Gasteiger charge is -2.34. The highest BCUT2D eigenvalue weighted by atomic mass is 19.2. The van der Waals surface area contributed by atoms with Gasteiger partial charge in [0.1, 0.15) is 17.5 Å². The van der Waals surface area contributed by atoms with Gasteiger partial charge >= 0.3 is 0 Å². The Morgan fingerprint density at radius 2 is 1.82 bits per heavy atom. The van der Waals surface area contributed by atoms with Crippen molar-refractivity contribution < 1.29 is 18.0 Å². The molecule has 13 heteroatoms. The largest absolute Gasteiger partial charge is 0.367 e. The Kier molecular flexibility index (Phi) is 6.98. The van der Waals surface area contributed by atoms with Crippen LogP contribution in [0, 0.1) is 17.5 Å². The number of rotatable bonds is 6. The summed E-state index contributed by atoms with van der Waals surface area (Å²) in [6, 6.07) is 6.57. The van der Waals surface area contributed by atoms with Gasteiger partial charge in [-0.15, -0.1) is 0 Å². The third kappa shape index (κ3) is 5.29. The van der Waals surface area contributed by atoms with Crippen molar-refractivity contribution in [2.24, 2.45) is 0 Å². The van der Waals surface area contributed by atoms with Gasteiger partial charge < -0.3 is 20.4 Å². The van der Waals surface area contributed by atoms with Gasteiger partial charge in [0.05, 0.1) is 17.1 Å². The molecule has 1 aliphatic heterocycles. The van der Waals surface area contributed by atoms with Gasteiger partial charge in [0.25, 0.3) is 5.56 Å². The van der Waals surface area contributed by atoms with E-state index in [9.17, 15) is 18.4 Å². The summed E-state index contributed by atoms with van der Waals surface area (Å²) in [7, 11) is 1.97. The van der Waals surface area contributed by atoms with Gasteiger partial charge in [0, 0.05) is 38.1 Å². The number of anilines is 4. The predicted molar refractivity (Wildman–Crippen MR) is 141 cm³/mol. The molecule has 0 unspecified atom stereocenters. The van der Waals surface area contributed by atoms with Crippen LogP contribution in [0.3, 0.4) is 0 Å². The van der Waals surface area contributed by atoms with Crippen molar-refractivity contribution in [3.63, 3.8) is 0 Å². The molecule has 2 aromatic carbocycles. The smallest absolute Gasteiger partial charge is 0.283 e. The van der Waals surface area contributed by atoms with Crippen LogP contribution < -0.4 is 21.1 Å². The van der Waals surface area contributed by atoms with Crippen molar-refractivity contribution in [1.82, 2.24) is 24.4 Å². The normalized spacial score (nSPS) is 13.9. The molecule has 0 aliphatic carbocycles. The van der Waals surface area contributed by atoms with Crippen LogP contribution in [0.2, 0.25) is 0 Å². The fourth-order valence-corrected chi connectivity index (χ4v) is 4.22. The second-order valence-electron chi connectivity index (χ2n) is 8.92. The highest BCUT2D eigenvalue weighted by Gasteiger charge is 2.22.